The molecular weight excluding hydrogens is 254 g/mol. The Balaban J connectivity index is 1.85. The Bertz CT molecular complexity index is 573. The van der Waals surface area contributed by atoms with E-state index in [-0.39, 0.29) is 11.8 Å². The molecule has 2 atom stereocenters. The summed E-state index contributed by atoms with van der Waals surface area (Å²) >= 11 is 3.26. The topological polar surface area (TPSA) is 50.2 Å². The maximum Gasteiger partial charge on any atom is 0.307 e. The van der Waals surface area contributed by atoms with Gasteiger partial charge in [-0.25, -0.2) is 4.98 Å². The van der Waals surface area contributed by atoms with Gasteiger partial charge in [-0.3, -0.25) is 4.79 Å². The van der Waals surface area contributed by atoms with Crippen LogP contribution in [-0.2, 0) is 4.79 Å². The van der Waals surface area contributed by atoms with Gasteiger partial charge in [-0.1, -0.05) is 0 Å². The molecule has 1 saturated carbocycles. The van der Waals surface area contributed by atoms with Crippen molar-refractivity contribution < 1.29 is 9.90 Å². The molecular formula is C12H11NO2S2. The van der Waals surface area contributed by atoms with Crippen LogP contribution in [0.15, 0.2) is 16.8 Å². The Morgan fingerprint density at radius 3 is 2.94 bits per heavy atom. The molecule has 0 radical (unpaired) electrons. The highest BCUT2D eigenvalue weighted by molar-refractivity contribution is 7.14. The third kappa shape index (κ3) is 1.89. The number of thiophene rings is 1. The molecule has 0 saturated heterocycles. The second-order valence-corrected chi connectivity index (χ2v) is 6.10. The van der Waals surface area contributed by atoms with Crippen LogP contribution in [0.1, 0.15) is 22.9 Å². The van der Waals surface area contributed by atoms with E-state index in [1.807, 2.05) is 5.38 Å². The molecule has 0 aromatic carbocycles. The molecule has 2 unspecified atom stereocenters. The van der Waals surface area contributed by atoms with Crippen molar-refractivity contribution in [3.63, 3.8) is 0 Å². The van der Waals surface area contributed by atoms with Crippen LogP contribution >= 0.6 is 22.7 Å². The van der Waals surface area contributed by atoms with E-state index in [1.54, 1.807) is 22.7 Å². The predicted octanol–water partition coefficient (Wildman–Crippen LogP) is 3.37. The summed E-state index contributed by atoms with van der Waals surface area (Å²) in [5, 5.41) is 14.0. The zero-order valence-electron chi connectivity index (χ0n) is 9.21. The van der Waals surface area contributed by atoms with Gasteiger partial charge in [0.2, 0.25) is 0 Å². The number of hydrogen-bond donors (Lipinski definition) is 1. The highest BCUT2D eigenvalue weighted by atomic mass is 32.1. The summed E-state index contributed by atoms with van der Waals surface area (Å²) in [6.07, 6.45) is 0.742. The number of carbonyl (C=O) groups is 1. The van der Waals surface area contributed by atoms with Gasteiger partial charge in [0.15, 0.2) is 0 Å². The lowest BCUT2D eigenvalue weighted by molar-refractivity contribution is -0.138. The van der Waals surface area contributed by atoms with Crippen molar-refractivity contribution in [3.8, 4) is 10.6 Å². The van der Waals surface area contributed by atoms with Crippen molar-refractivity contribution in [2.75, 3.05) is 0 Å². The normalized spacial score (nSPS) is 22.6. The van der Waals surface area contributed by atoms with Gasteiger partial charge >= 0.3 is 5.97 Å². The van der Waals surface area contributed by atoms with Gasteiger partial charge < -0.3 is 5.11 Å². The minimum atomic E-state index is -0.695. The molecule has 2 heterocycles. The van der Waals surface area contributed by atoms with Crippen LogP contribution in [0, 0.1) is 12.8 Å². The average Bonchev–Trinajstić information content (AvgIpc) is 2.75. The number of aryl methyl sites for hydroxylation is 1. The molecule has 88 valence electrons. The van der Waals surface area contributed by atoms with Crippen LogP contribution in [0.25, 0.3) is 10.6 Å². The smallest absolute Gasteiger partial charge is 0.307 e. The number of thiazole rings is 1. The van der Waals surface area contributed by atoms with Crippen molar-refractivity contribution in [3.05, 3.63) is 27.4 Å². The summed E-state index contributed by atoms with van der Waals surface area (Å²) < 4.78 is 0. The van der Waals surface area contributed by atoms with Crippen molar-refractivity contribution in [1.29, 1.82) is 0 Å². The molecule has 0 aliphatic heterocycles. The SMILES string of the molecule is Cc1ccsc1-c1csc(C2CC2C(=O)O)n1. The maximum atomic E-state index is 10.8. The maximum absolute atomic E-state index is 10.8. The Labute approximate surface area is 107 Å². The van der Waals surface area contributed by atoms with Gasteiger partial charge in [0, 0.05) is 11.3 Å². The van der Waals surface area contributed by atoms with Gasteiger partial charge in [-0.15, -0.1) is 22.7 Å². The van der Waals surface area contributed by atoms with Crippen LogP contribution in [0.5, 0.6) is 0 Å². The lowest BCUT2D eigenvalue weighted by Crippen LogP contribution is -1.98. The number of nitrogens with zero attached hydrogens (tertiary/aromatic N) is 1. The first-order chi connectivity index (χ1) is 8.16. The Hall–Kier alpha value is -1.20. The number of aliphatic carboxylic acids is 1. The first-order valence-corrected chi connectivity index (χ1v) is 7.15. The molecule has 2 aromatic heterocycles. The molecule has 1 aliphatic rings. The van der Waals surface area contributed by atoms with E-state index in [0.29, 0.717) is 0 Å². The largest absolute Gasteiger partial charge is 0.481 e. The molecule has 0 amide bonds. The third-order valence-electron chi connectivity index (χ3n) is 3.04. The Kier molecular flexibility index (Phi) is 2.52. The molecule has 1 N–H and O–H groups in total. The van der Waals surface area contributed by atoms with Gasteiger partial charge in [-0.05, 0) is 30.4 Å². The van der Waals surface area contributed by atoms with Crippen LogP contribution in [-0.4, -0.2) is 16.1 Å². The van der Waals surface area contributed by atoms with Crippen LogP contribution in [0.3, 0.4) is 0 Å². The second-order valence-electron chi connectivity index (χ2n) is 4.29. The second kappa shape index (κ2) is 3.92. The van der Waals surface area contributed by atoms with Crippen molar-refractivity contribution in [2.24, 2.45) is 5.92 Å². The zero-order valence-corrected chi connectivity index (χ0v) is 10.8. The summed E-state index contributed by atoms with van der Waals surface area (Å²) in [4.78, 5) is 16.6. The van der Waals surface area contributed by atoms with Crippen molar-refractivity contribution in [1.82, 2.24) is 4.98 Å². The molecule has 1 aliphatic carbocycles. The number of aromatic nitrogens is 1. The lowest BCUT2D eigenvalue weighted by atomic mass is 10.2. The van der Waals surface area contributed by atoms with Crippen LogP contribution in [0.4, 0.5) is 0 Å². The quantitative estimate of drug-likeness (QED) is 0.925. The summed E-state index contributed by atoms with van der Waals surface area (Å²) in [6.45, 7) is 2.07. The molecule has 17 heavy (non-hydrogen) atoms. The molecule has 1 fully saturated rings. The van der Waals surface area contributed by atoms with Crippen LogP contribution < -0.4 is 0 Å². The summed E-state index contributed by atoms with van der Waals surface area (Å²) in [6, 6.07) is 2.08. The first-order valence-electron chi connectivity index (χ1n) is 5.39. The van der Waals surface area contributed by atoms with E-state index in [2.05, 4.69) is 23.4 Å². The van der Waals surface area contributed by atoms with Gasteiger partial charge in [-0.2, -0.15) is 0 Å². The molecule has 3 nitrogen and oxygen atoms in total. The van der Waals surface area contributed by atoms with Crippen LogP contribution in [0.2, 0.25) is 0 Å². The fraction of sp³-hybridized carbons (Fsp3) is 0.333. The number of hydrogen-bond acceptors (Lipinski definition) is 4. The molecule has 3 rings (SSSR count). The molecule has 5 heteroatoms. The first kappa shape index (κ1) is 10.9. The van der Waals surface area contributed by atoms with E-state index >= 15 is 0 Å². The van der Waals surface area contributed by atoms with E-state index in [1.165, 1.54) is 10.4 Å². The predicted molar refractivity (Wildman–Crippen MR) is 68.6 cm³/mol. The lowest BCUT2D eigenvalue weighted by Gasteiger charge is -1.93. The van der Waals surface area contributed by atoms with E-state index in [4.69, 9.17) is 5.11 Å². The van der Waals surface area contributed by atoms with E-state index in [9.17, 15) is 4.79 Å². The number of carboxylic acids is 1. The molecule has 0 spiro atoms. The number of carboxylic acid groups (broad SMARTS) is 1. The highest BCUT2D eigenvalue weighted by Crippen LogP contribution is 2.49. The average molecular weight is 265 g/mol. The van der Waals surface area contributed by atoms with Crippen molar-refractivity contribution >= 4 is 28.6 Å². The minimum absolute atomic E-state index is 0.145. The Morgan fingerprint density at radius 1 is 1.53 bits per heavy atom. The summed E-state index contributed by atoms with van der Waals surface area (Å²) in [5.74, 6) is -0.760. The monoisotopic (exact) mass is 265 g/mol. The number of rotatable bonds is 3. The Morgan fingerprint density at radius 2 is 2.35 bits per heavy atom. The van der Waals surface area contributed by atoms with Gasteiger partial charge in [0.25, 0.3) is 0 Å². The summed E-state index contributed by atoms with van der Waals surface area (Å²) in [5.41, 5.74) is 2.23. The minimum Gasteiger partial charge on any atom is -0.481 e. The summed E-state index contributed by atoms with van der Waals surface area (Å²) in [7, 11) is 0. The standard InChI is InChI=1S/C12H11NO2S2/c1-6-2-3-16-10(6)9-5-17-11(13-9)7-4-8(7)12(14)15/h2-3,5,7-8H,4H2,1H3,(H,14,15). The van der Waals surface area contributed by atoms with Gasteiger partial charge in [0.1, 0.15) is 0 Å². The fourth-order valence-corrected chi connectivity index (χ4v) is 3.89. The van der Waals surface area contributed by atoms with Crippen molar-refractivity contribution in [2.45, 2.75) is 19.3 Å². The van der Waals surface area contributed by atoms with E-state index in [0.717, 1.165) is 17.1 Å². The third-order valence-corrected chi connectivity index (χ3v) is 5.06. The molecule has 2 aromatic rings. The highest BCUT2D eigenvalue weighted by Gasteiger charge is 2.46. The van der Waals surface area contributed by atoms with E-state index < -0.39 is 5.97 Å². The fourth-order valence-electron chi connectivity index (χ4n) is 1.94. The zero-order chi connectivity index (χ0) is 12.0. The molecule has 0 bridgehead atoms. The van der Waals surface area contributed by atoms with Gasteiger partial charge in [0.05, 0.1) is 21.5 Å².